The van der Waals surface area contributed by atoms with Crippen molar-refractivity contribution in [3.63, 3.8) is 0 Å². The first-order valence-corrected chi connectivity index (χ1v) is 7.82. The van der Waals surface area contributed by atoms with Gasteiger partial charge in [0.15, 0.2) is 0 Å². The van der Waals surface area contributed by atoms with Crippen LogP contribution in [-0.2, 0) is 11.3 Å². The number of ether oxygens (including phenoxy) is 2. The van der Waals surface area contributed by atoms with Gasteiger partial charge in [0.05, 0.1) is 19.3 Å². The Hall–Kier alpha value is -1.06. The fourth-order valence-electron chi connectivity index (χ4n) is 2.70. The highest BCUT2D eigenvalue weighted by atomic mass is 16.5. The quantitative estimate of drug-likeness (QED) is 0.776. The molecule has 0 spiro atoms. The van der Waals surface area contributed by atoms with Crippen LogP contribution in [-0.4, -0.2) is 19.3 Å². The SMILES string of the molecule is CC1CCC(OCCCOc2ccccc2CN)CC1. The highest BCUT2D eigenvalue weighted by Gasteiger charge is 2.18. The lowest BCUT2D eigenvalue weighted by Crippen LogP contribution is -2.21. The summed E-state index contributed by atoms with van der Waals surface area (Å²) in [6.07, 6.45) is 6.47. The zero-order chi connectivity index (χ0) is 14.2. The second kappa shape index (κ2) is 8.28. The molecule has 1 aliphatic carbocycles. The lowest BCUT2D eigenvalue weighted by atomic mass is 9.89. The maximum atomic E-state index is 5.92. The number of hydrogen-bond donors (Lipinski definition) is 1. The molecule has 1 aromatic carbocycles. The summed E-state index contributed by atoms with van der Waals surface area (Å²) in [4.78, 5) is 0. The molecule has 2 N–H and O–H groups in total. The first-order valence-electron chi connectivity index (χ1n) is 7.82. The van der Waals surface area contributed by atoms with Crippen molar-refractivity contribution < 1.29 is 9.47 Å². The smallest absolute Gasteiger partial charge is 0.123 e. The molecule has 1 fully saturated rings. The summed E-state index contributed by atoms with van der Waals surface area (Å²) in [7, 11) is 0. The Labute approximate surface area is 122 Å². The van der Waals surface area contributed by atoms with Crippen LogP contribution in [0, 0.1) is 5.92 Å². The molecule has 0 aromatic heterocycles. The highest BCUT2D eigenvalue weighted by Crippen LogP contribution is 2.25. The van der Waals surface area contributed by atoms with Crippen molar-refractivity contribution >= 4 is 0 Å². The summed E-state index contributed by atoms with van der Waals surface area (Å²) in [5.41, 5.74) is 6.75. The van der Waals surface area contributed by atoms with Gasteiger partial charge in [-0.3, -0.25) is 0 Å². The predicted molar refractivity (Wildman–Crippen MR) is 81.8 cm³/mol. The van der Waals surface area contributed by atoms with E-state index >= 15 is 0 Å². The fourth-order valence-corrected chi connectivity index (χ4v) is 2.70. The van der Waals surface area contributed by atoms with Crippen LogP contribution < -0.4 is 10.5 Å². The number of hydrogen-bond acceptors (Lipinski definition) is 3. The molecule has 0 amide bonds. The van der Waals surface area contributed by atoms with Crippen LogP contribution in [0.4, 0.5) is 0 Å². The summed E-state index contributed by atoms with van der Waals surface area (Å²) in [6, 6.07) is 7.96. The van der Waals surface area contributed by atoms with E-state index in [2.05, 4.69) is 6.92 Å². The standard InChI is InChI=1S/C17H27NO2/c1-14-7-9-16(10-8-14)19-11-4-12-20-17-6-3-2-5-15(17)13-18/h2-3,5-6,14,16H,4,7-13,18H2,1H3. The molecular formula is C17H27NO2. The zero-order valence-electron chi connectivity index (χ0n) is 12.5. The summed E-state index contributed by atoms with van der Waals surface area (Å²) < 4.78 is 11.7. The van der Waals surface area contributed by atoms with Gasteiger partial charge in [-0.05, 0) is 37.7 Å². The van der Waals surface area contributed by atoms with Crippen molar-refractivity contribution in [2.24, 2.45) is 11.7 Å². The fraction of sp³-hybridized carbons (Fsp3) is 0.647. The van der Waals surface area contributed by atoms with Crippen molar-refractivity contribution in [2.45, 2.75) is 51.7 Å². The first kappa shape index (κ1) is 15.3. The maximum Gasteiger partial charge on any atom is 0.123 e. The molecule has 0 radical (unpaired) electrons. The van der Waals surface area contributed by atoms with Crippen LogP contribution in [0.15, 0.2) is 24.3 Å². The molecule has 1 aromatic rings. The highest BCUT2D eigenvalue weighted by molar-refractivity contribution is 5.32. The van der Waals surface area contributed by atoms with Crippen LogP contribution in [0.25, 0.3) is 0 Å². The Kier molecular flexibility index (Phi) is 6.34. The predicted octanol–water partition coefficient (Wildman–Crippen LogP) is 3.51. The minimum absolute atomic E-state index is 0.475. The molecule has 20 heavy (non-hydrogen) atoms. The van der Waals surface area contributed by atoms with E-state index in [0.29, 0.717) is 19.3 Å². The minimum atomic E-state index is 0.475. The van der Waals surface area contributed by atoms with Crippen molar-refractivity contribution in [1.82, 2.24) is 0 Å². The first-order chi connectivity index (χ1) is 9.79. The van der Waals surface area contributed by atoms with Crippen LogP contribution in [0.1, 0.15) is 44.6 Å². The molecule has 1 aliphatic rings. The van der Waals surface area contributed by atoms with E-state index in [4.69, 9.17) is 15.2 Å². The van der Waals surface area contributed by atoms with E-state index in [9.17, 15) is 0 Å². The molecule has 2 rings (SSSR count). The molecule has 0 bridgehead atoms. The van der Waals surface area contributed by atoms with Crippen molar-refractivity contribution in [1.29, 1.82) is 0 Å². The van der Waals surface area contributed by atoms with Gasteiger partial charge >= 0.3 is 0 Å². The molecule has 0 saturated heterocycles. The van der Waals surface area contributed by atoms with E-state index in [-0.39, 0.29) is 0 Å². The average Bonchev–Trinajstić information content (AvgIpc) is 2.49. The van der Waals surface area contributed by atoms with Gasteiger partial charge in [0.25, 0.3) is 0 Å². The van der Waals surface area contributed by atoms with Gasteiger partial charge in [-0.2, -0.15) is 0 Å². The normalized spacial score (nSPS) is 22.7. The Balaban J connectivity index is 1.59. The van der Waals surface area contributed by atoms with Crippen LogP contribution in [0.5, 0.6) is 5.75 Å². The molecular weight excluding hydrogens is 250 g/mol. The number of nitrogens with two attached hydrogens (primary N) is 1. The van der Waals surface area contributed by atoms with E-state index in [1.54, 1.807) is 0 Å². The van der Waals surface area contributed by atoms with E-state index in [0.717, 1.165) is 30.3 Å². The minimum Gasteiger partial charge on any atom is -0.493 e. The van der Waals surface area contributed by atoms with Crippen molar-refractivity contribution in [2.75, 3.05) is 13.2 Å². The molecule has 112 valence electrons. The molecule has 1 saturated carbocycles. The summed E-state index contributed by atoms with van der Waals surface area (Å²) in [5, 5.41) is 0. The van der Waals surface area contributed by atoms with Crippen molar-refractivity contribution in [3.05, 3.63) is 29.8 Å². The van der Waals surface area contributed by atoms with E-state index in [1.807, 2.05) is 24.3 Å². The monoisotopic (exact) mass is 277 g/mol. The Bertz CT molecular complexity index is 386. The molecule has 3 nitrogen and oxygen atoms in total. The largest absolute Gasteiger partial charge is 0.493 e. The van der Waals surface area contributed by atoms with Crippen molar-refractivity contribution in [3.8, 4) is 5.75 Å². The lowest BCUT2D eigenvalue weighted by Gasteiger charge is -2.26. The van der Waals surface area contributed by atoms with Crippen LogP contribution in [0.2, 0.25) is 0 Å². The van der Waals surface area contributed by atoms with Gasteiger partial charge in [0, 0.05) is 18.5 Å². The molecule has 0 unspecified atom stereocenters. The topological polar surface area (TPSA) is 44.5 Å². The Morgan fingerprint density at radius 1 is 1.10 bits per heavy atom. The van der Waals surface area contributed by atoms with Crippen LogP contribution >= 0.6 is 0 Å². The lowest BCUT2D eigenvalue weighted by molar-refractivity contribution is 0.0146. The summed E-state index contributed by atoms with van der Waals surface area (Å²) in [5.74, 6) is 1.78. The number of benzene rings is 1. The van der Waals surface area contributed by atoms with Gasteiger partial charge in [-0.1, -0.05) is 25.1 Å². The number of para-hydroxylation sites is 1. The van der Waals surface area contributed by atoms with Gasteiger partial charge in [0.1, 0.15) is 5.75 Å². The third kappa shape index (κ3) is 4.80. The Morgan fingerprint density at radius 3 is 2.60 bits per heavy atom. The van der Waals surface area contributed by atoms with Crippen LogP contribution in [0.3, 0.4) is 0 Å². The van der Waals surface area contributed by atoms with Gasteiger partial charge < -0.3 is 15.2 Å². The van der Waals surface area contributed by atoms with E-state index in [1.165, 1.54) is 25.7 Å². The van der Waals surface area contributed by atoms with E-state index < -0.39 is 0 Å². The molecule has 0 aliphatic heterocycles. The average molecular weight is 277 g/mol. The van der Waals surface area contributed by atoms with Gasteiger partial charge in [-0.15, -0.1) is 0 Å². The molecule has 0 heterocycles. The second-order valence-corrected chi connectivity index (χ2v) is 5.77. The summed E-state index contributed by atoms with van der Waals surface area (Å²) in [6.45, 7) is 4.34. The van der Waals surface area contributed by atoms with Gasteiger partial charge in [0.2, 0.25) is 0 Å². The second-order valence-electron chi connectivity index (χ2n) is 5.77. The summed E-state index contributed by atoms with van der Waals surface area (Å²) >= 11 is 0. The third-order valence-electron chi connectivity index (χ3n) is 4.06. The van der Waals surface area contributed by atoms with Gasteiger partial charge in [-0.25, -0.2) is 0 Å². The Morgan fingerprint density at radius 2 is 1.85 bits per heavy atom. The third-order valence-corrected chi connectivity index (χ3v) is 4.06. The maximum absolute atomic E-state index is 5.92. The molecule has 0 atom stereocenters. The molecule has 3 heteroatoms. The zero-order valence-corrected chi connectivity index (χ0v) is 12.5. The number of rotatable bonds is 7.